The summed E-state index contributed by atoms with van der Waals surface area (Å²) in [6.07, 6.45) is 3.78. The molecule has 0 amide bonds. The molecule has 1 aliphatic rings. The van der Waals surface area contributed by atoms with Crippen molar-refractivity contribution in [2.75, 3.05) is 26.2 Å². The van der Waals surface area contributed by atoms with Crippen LogP contribution in [0.15, 0.2) is 36.7 Å². The third kappa shape index (κ3) is 3.70. The second-order valence-electron chi connectivity index (χ2n) is 6.09. The molecule has 4 heteroatoms. The van der Waals surface area contributed by atoms with Crippen LogP contribution in [0.1, 0.15) is 22.5 Å². The minimum Gasteiger partial charge on any atom is -0.295 e. The van der Waals surface area contributed by atoms with Gasteiger partial charge in [0.25, 0.3) is 0 Å². The zero-order valence-electron chi connectivity index (χ0n) is 13.5. The number of aryl methyl sites for hydroxylation is 2. The van der Waals surface area contributed by atoms with Crippen LogP contribution < -0.4 is 0 Å². The number of rotatable bonds is 4. The summed E-state index contributed by atoms with van der Waals surface area (Å²) in [5, 5.41) is 0. The van der Waals surface area contributed by atoms with Gasteiger partial charge in [-0.3, -0.25) is 19.8 Å². The van der Waals surface area contributed by atoms with E-state index in [9.17, 15) is 0 Å². The number of pyridine rings is 2. The molecule has 0 spiro atoms. The van der Waals surface area contributed by atoms with Crippen LogP contribution in [0.4, 0.5) is 0 Å². The van der Waals surface area contributed by atoms with Gasteiger partial charge in [-0.05, 0) is 37.1 Å². The lowest BCUT2D eigenvalue weighted by atomic mass is 10.2. The second-order valence-corrected chi connectivity index (χ2v) is 6.09. The van der Waals surface area contributed by atoms with Crippen molar-refractivity contribution in [2.24, 2.45) is 0 Å². The summed E-state index contributed by atoms with van der Waals surface area (Å²) in [6, 6.07) is 8.29. The Balaban J connectivity index is 1.52. The first-order chi connectivity index (χ1) is 10.7. The third-order valence-corrected chi connectivity index (χ3v) is 4.45. The number of nitrogens with zero attached hydrogens (tertiary/aromatic N) is 4. The van der Waals surface area contributed by atoms with Crippen LogP contribution in [-0.2, 0) is 13.1 Å². The van der Waals surface area contributed by atoms with Crippen LogP contribution in [0, 0.1) is 13.8 Å². The lowest BCUT2D eigenvalue weighted by Gasteiger charge is -2.34. The quantitative estimate of drug-likeness (QED) is 0.867. The van der Waals surface area contributed by atoms with Gasteiger partial charge in [-0.2, -0.15) is 0 Å². The van der Waals surface area contributed by atoms with Crippen molar-refractivity contribution < 1.29 is 0 Å². The summed E-state index contributed by atoms with van der Waals surface area (Å²) in [4.78, 5) is 14.0. The van der Waals surface area contributed by atoms with Crippen LogP contribution in [0.5, 0.6) is 0 Å². The lowest BCUT2D eigenvalue weighted by Crippen LogP contribution is -2.45. The zero-order chi connectivity index (χ0) is 15.4. The van der Waals surface area contributed by atoms with Crippen LogP contribution in [0.25, 0.3) is 0 Å². The molecule has 1 saturated heterocycles. The highest BCUT2D eigenvalue weighted by molar-refractivity contribution is 5.18. The van der Waals surface area contributed by atoms with E-state index in [1.807, 2.05) is 24.5 Å². The van der Waals surface area contributed by atoms with Gasteiger partial charge in [0.1, 0.15) is 0 Å². The molecule has 116 valence electrons. The predicted octanol–water partition coefficient (Wildman–Crippen LogP) is 2.41. The van der Waals surface area contributed by atoms with E-state index in [2.05, 4.69) is 45.7 Å². The predicted molar refractivity (Wildman–Crippen MR) is 88.5 cm³/mol. The van der Waals surface area contributed by atoms with Gasteiger partial charge < -0.3 is 0 Å². The van der Waals surface area contributed by atoms with E-state index in [1.165, 1.54) is 22.5 Å². The Hall–Kier alpha value is -1.78. The Morgan fingerprint density at radius 2 is 1.18 bits per heavy atom. The van der Waals surface area contributed by atoms with Gasteiger partial charge in [0, 0.05) is 51.7 Å². The standard InChI is InChI=1S/C18H24N4/c1-15-5-3-7-19-17(15)13-21-9-11-22(12-10-21)14-18-16(2)6-4-8-20-18/h3-8H,9-14H2,1-2H3. The number of hydrogen-bond donors (Lipinski definition) is 0. The Morgan fingerprint density at radius 3 is 1.55 bits per heavy atom. The summed E-state index contributed by atoms with van der Waals surface area (Å²) < 4.78 is 0. The maximum Gasteiger partial charge on any atom is 0.0573 e. The Bertz CT molecular complexity index is 562. The lowest BCUT2D eigenvalue weighted by molar-refractivity contribution is 0.119. The molecule has 1 aliphatic heterocycles. The SMILES string of the molecule is Cc1cccnc1CN1CCN(Cc2ncccc2C)CC1. The van der Waals surface area contributed by atoms with Gasteiger partial charge in [-0.25, -0.2) is 0 Å². The van der Waals surface area contributed by atoms with Crippen molar-refractivity contribution in [3.63, 3.8) is 0 Å². The van der Waals surface area contributed by atoms with E-state index in [1.54, 1.807) is 0 Å². The maximum atomic E-state index is 4.51. The highest BCUT2D eigenvalue weighted by atomic mass is 15.3. The molecule has 2 aromatic heterocycles. The van der Waals surface area contributed by atoms with Crippen LogP contribution >= 0.6 is 0 Å². The minimum absolute atomic E-state index is 0.961. The van der Waals surface area contributed by atoms with E-state index < -0.39 is 0 Å². The molecule has 0 aromatic carbocycles. The summed E-state index contributed by atoms with van der Waals surface area (Å²) >= 11 is 0. The largest absolute Gasteiger partial charge is 0.295 e. The van der Waals surface area contributed by atoms with Crippen molar-refractivity contribution in [1.29, 1.82) is 0 Å². The zero-order valence-corrected chi connectivity index (χ0v) is 13.5. The fraction of sp³-hybridized carbons (Fsp3) is 0.444. The first-order valence-corrected chi connectivity index (χ1v) is 7.98. The van der Waals surface area contributed by atoms with Gasteiger partial charge >= 0.3 is 0 Å². The molecule has 0 aliphatic carbocycles. The molecule has 0 atom stereocenters. The maximum absolute atomic E-state index is 4.51. The van der Waals surface area contributed by atoms with E-state index in [4.69, 9.17) is 0 Å². The van der Waals surface area contributed by atoms with Gasteiger partial charge in [0.2, 0.25) is 0 Å². The van der Waals surface area contributed by atoms with Crippen LogP contribution in [0.3, 0.4) is 0 Å². The summed E-state index contributed by atoms with van der Waals surface area (Å²) in [5.74, 6) is 0. The third-order valence-electron chi connectivity index (χ3n) is 4.45. The van der Waals surface area contributed by atoms with Gasteiger partial charge in [-0.1, -0.05) is 12.1 Å². The smallest absolute Gasteiger partial charge is 0.0573 e. The van der Waals surface area contributed by atoms with Gasteiger partial charge in [0.05, 0.1) is 11.4 Å². The Kier molecular flexibility index (Phi) is 4.80. The monoisotopic (exact) mass is 296 g/mol. The number of hydrogen-bond acceptors (Lipinski definition) is 4. The first kappa shape index (κ1) is 15.1. The van der Waals surface area contributed by atoms with E-state index in [0.717, 1.165) is 39.3 Å². The van der Waals surface area contributed by atoms with Crippen molar-refractivity contribution in [3.05, 3.63) is 59.2 Å². The topological polar surface area (TPSA) is 32.3 Å². The van der Waals surface area contributed by atoms with E-state index >= 15 is 0 Å². The molecule has 3 heterocycles. The van der Waals surface area contributed by atoms with Gasteiger partial charge in [0.15, 0.2) is 0 Å². The molecule has 0 N–H and O–H groups in total. The average molecular weight is 296 g/mol. The minimum atomic E-state index is 0.961. The van der Waals surface area contributed by atoms with Crippen LogP contribution in [-0.4, -0.2) is 45.9 Å². The van der Waals surface area contributed by atoms with Crippen molar-refractivity contribution in [3.8, 4) is 0 Å². The van der Waals surface area contributed by atoms with Gasteiger partial charge in [-0.15, -0.1) is 0 Å². The molecule has 0 bridgehead atoms. The molecule has 3 rings (SSSR count). The molecule has 0 saturated carbocycles. The number of piperazine rings is 1. The fourth-order valence-corrected chi connectivity index (χ4v) is 2.90. The summed E-state index contributed by atoms with van der Waals surface area (Å²) in [7, 11) is 0. The molecule has 0 unspecified atom stereocenters. The van der Waals surface area contributed by atoms with Crippen LogP contribution in [0.2, 0.25) is 0 Å². The highest BCUT2D eigenvalue weighted by Gasteiger charge is 2.18. The molecular formula is C18H24N4. The molecule has 22 heavy (non-hydrogen) atoms. The Morgan fingerprint density at radius 1 is 0.773 bits per heavy atom. The number of aromatic nitrogens is 2. The molecule has 2 aromatic rings. The molecule has 4 nitrogen and oxygen atoms in total. The van der Waals surface area contributed by atoms with E-state index in [-0.39, 0.29) is 0 Å². The van der Waals surface area contributed by atoms with Crippen molar-refractivity contribution in [1.82, 2.24) is 19.8 Å². The molecular weight excluding hydrogens is 272 g/mol. The Labute approximate surface area is 132 Å². The molecule has 0 radical (unpaired) electrons. The normalized spacial score (nSPS) is 16.8. The molecule has 1 fully saturated rings. The summed E-state index contributed by atoms with van der Waals surface area (Å²) in [6.45, 7) is 10.6. The first-order valence-electron chi connectivity index (χ1n) is 7.98. The highest BCUT2D eigenvalue weighted by Crippen LogP contribution is 2.13. The van der Waals surface area contributed by atoms with Crippen molar-refractivity contribution >= 4 is 0 Å². The second kappa shape index (κ2) is 6.99. The van der Waals surface area contributed by atoms with E-state index in [0.29, 0.717) is 0 Å². The summed E-state index contributed by atoms with van der Waals surface area (Å²) in [5.41, 5.74) is 4.98. The fourth-order valence-electron chi connectivity index (χ4n) is 2.90. The average Bonchev–Trinajstić information content (AvgIpc) is 2.54. The van der Waals surface area contributed by atoms with Crippen molar-refractivity contribution in [2.45, 2.75) is 26.9 Å².